The van der Waals surface area contributed by atoms with Crippen LogP contribution < -0.4 is 5.32 Å². The number of ether oxygens (including phenoxy) is 1. The highest BCUT2D eigenvalue weighted by molar-refractivity contribution is 5.69. The SMILES string of the molecule is CC(C)(C)OC(=O)NC1(C)CN(CCc2ccccc2)CC12CC2. The lowest BCUT2D eigenvalue weighted by molar-refractivity contribution is 0.0436. The number of rotatable bonds is 4. The molecule has 4 nitrogen and oxygen atoms in total. The summed E-state index contributed by atoms with van der Waals surface area (Å²) in [4.78, 5) is 14.8. The Morgan fingerprint density at radius 2 is 1.88 bits per heavy atom. The molecule has 1 aromatic carbocycles. The van der Waals surface area contributed by atoms with Crippen LogP contribution in [0.2, 0.25) is 0 Å². The topological polar surface area (TPSA) is 41.6 Å². The van der Waals surface area contributed by atoms with Gasteiger partial charge in [-0.15, -0.1) is 0 Å². The Labute approximate surface area is 145 Å². The van der Waals surface area contributed by atoms with Gasteiger partial charge in [0.05, 0.1) is 5.54 Å². The van der Waals surface area contributed by atoms with Crippen molar-refractivity contribution in [1.82, 2.24) is 10.2 Å². The Morgan fingerprint density at radius 3 is 2.46 bits per heavy atom. The van der Waals surface area contributed by atoms with Crippen LogP contribution in [0.4, 0.5) is 4.79 Å². The zero-order valence-corrected chi connectivity index (χ0v) is 15.4. The monoisotopic (exact) mass is 330 g/mol. The summed E-state index contributed by atoms with van der Waals surface area (Å²) in [7, 11) is 0. The highest BCUT2D eigenvalue weighted by atomic mass is 16.6. The third kappa shape index (κ3) is 3.75. The fourth-order valence-corrected chi connectivity index (χ4v) is 3.93. The number of nitrogens with zero attached hydrogens (tertiary/aromatic N) is 1. The van der Waals surface area contributed by atoms with Crippen LogP contribution in [0.1, 0.15) is 46.1 Å². The lowest BCUT2D eigenvalue weighted by Gasteiger charge is -2.33. The Kier molecular flexibility index (Phi) is 4.37. The molecule has 1 unspecified atom stereocenters. The van der Waals surface area contributed by atoms with Gasteiger partial charge in [-0.1, -0.05) is 30.3 Å². The van der Waals surface area contributed by atoms with Gasteiger partial charge in [0.2, 0.25) is 0 Å². The molecule has 2 fully saturated rings. The molecule has 0 aromatic heterocycles. The van der Waals surface area contributed by atoms with Gasteiger partial charge in [0.25, 0.3) is 0 Å². The van der Waals surface area contributed by atoms with Crippen molar-refractivity contribution >= 4 is 6.09 Å². The number of hydrogen-bond donors (Lipinski definition) is 1. The zero-order chi connectivity index (χ0) is 17.4. The highest BCUT2D eigenvalue weighted by Crippen LogP contribution is 2.58. The van der Waals surface area contributed by atoms with E-state index in [4.69, 9.17) is 4.74 Å². The predicted octanol–water partition coefficient (Wildman–Crippen LogP) is 3.61. The molecule has 24 heavy (non-hydrogen) atoms. The molecule has 1 spiro atoms. The van der Waals surface area contributed by atoms with Gasteiger partial charge in [-0.2, -0.15) is 0 Å². The Hall–Kier alpha value is -1.55. The minimum absolute atomic E-state index is 0.188. The maximum atomic E-state index is 12.3. The van der Waals surface area contributed by atoms with E-state index in [0.29, 0.717) is 0 Å². The van der Waals surface area contributed by atoms with E-state index in [1.165, 1.54) is 18.4 Å². The van der Waals surface area contributed by atoms with Gasteiger partial charge in [-0.25, -0.2) is 4.79 Å². The first-order valence-corrected chi connectivity index (χ1v) is 8.99. The summed E-state index contributed by atoms with van der Waals surface area (Å²) >= 11 is 0. The van der Waals surface area contributed by atoms with Crippen molar-refractivity contribution in [2.75, 3.05) is 19.6 Å². The lowest BCUT2D eigenvalue weighted by atomic mass is 9.86. The lowest BCUT2D eigenvalue weighted by Crippen LogP contribution is -2.54. The first-order valence-electron chi connectivity index (χ1n) is 8.99. The van der Waals surface area contributed by atoms with Gasteiger partial charge in [0, 0.05) is 25.0 Å². The first-order chi connectivity index (χ1) is 11.2. The van der Waals surface area contributed by atoms with Gasteiger partial charge >= 0.3 is 6.09 Å². The Bertz CT molecular complexity index is 589. The fourth-order valence-electron chi connectivity index (χ4n) is 3.93. The molecular weight excluding hydrogens is 300 g/mol. The summed E-state index contributed by atoms with van der Waals surface area (Å²) in [6.45, 7) is 10.9. The molecule has 3 rings (SSSR count). The van der Waals surface area contributed by atoms with E-state index in [-0.39, 0.29) is 17.0 Å². The fraction of sp³-hybridized carbons (Fsp3) is 0.650. The number of likely N-dealkylation sites (tertiary alicyclic amines) is 1. The molecule has 1 aliphatic carbocycles. The van der Waals surface area contributed by atoms with Gasteiger partial charge in [-0.3, -0.25) is 0 Å². The van der Waals surface area contributed by atoms with Crippen LogP contribution in [0.15, 0.2) is 30.3 Å². The second kappa shape index (κ2) is 6.07. The summed E-state index contributed by atoms with van der Waals surface area (Å²) in [6, 6.07) is 10.6. The maximum absolute atomic E-state index is 12.3. The van der Waals surface area contributed by atoms with Crippen molar-refractivity contribution in [2.45, 2.75) is 58.1 Å². The van der Waals surface area contributed by atoms with Crippen LogP contribution >= 0.6 is 0 Å². The number of hydrogen-bond acceptors (Lipinski definition) is 3. The van der Waals surface area contributed by atoms with Crippen molar-refractivity contribution in [3.63, 3.8) is 0 Å². The largest absolute Gasteiger partial charge is 0.444 e. The average molecular weight is 330 g/mol. The Morgan fingerprint density at radius 1 is 1.21 bits per heavy atom. The van der Waals surface area contributed by atoms with Crippen molar-refractivity contribution in [3.8, 4) is 0 Å². The van der Waals surface area contributed by atoms with Crippen LogP contribution in [0.25, 0.3) is 0 Å². The second-order valence-corrected chi connectivity index (χ2v) is 8.69. The predicted molar refractivity (Wildman–Crippen MR) is 96.0 cm³/mol. The van der Waals surface area contributed by atoms with E-state index in [1.54, 1.807) is 0 Å². The molecule has 1 saturated heterocycles. The molecule has 2 aliphatic rings. The molecule has 132 valence electrons. The molecule has 1 atom stereocenters. The average Bonchev–Trinajstić information content (AvgIpc) is 3.19. The first kappa shape index (κ1) is 17.3. The van der Waals surface area contributed by atoms with Crippen molar-refractivity contribution in [3.05, 3.63) is 35.9 Å². The van der Waals surface area contributed by atoms with E-state index in [9.17, 15) is 4.79 Å². The third-order valence-electron chi connectivity index (χ3n) is 5.43. The van der Waals surface area contributed by atoms with Gasteiger partial charge in [-0.05, 0) is 52.5 Å². The normalized spacial score (nSPS) is 25.7. The zero-order valence-electron chi connectivity index (χ0n) is 15.4. The molecule has 0 bridgehead atoms. The Balaban J connectivity index is 1.59. The summed E-state index contributed by atoms with van der Waals surface area (Å²) < 4.78 is 5.48. The van der Waals surface area contributed by atoms with Crippen LogP contribution in [0.5, 0.6) is 0 Å². The molecule has 1 aromatic rings. The maximum Gasteiger partial charge on any atom is 0.408 e. The van der Waals surface area contributed by atoms with Crippen molar-refractivity contribution in [2.24, 2.45) is 5.41 Å². The molecule has 1 N–H and O–H groups in total. The highest BCUT2D eigenvalue weighted by Gasteiger charge is 2.62. The van der Waals surface area contributed by atoms with E-state index in [2.05, 4.69) is 47.5 Å². The van der Waals surface area contributed by atoms with Crippen LogP contribution in [0.3, 0.4) is 0 Å². The van der Waals surface area contributed by atoms with Crippen LogP contribution in [-0.2, 0) is 11.2 Å². The number of nitrogens with one attached hydrogen (secondary N) is 1. The molecule has 0 radical (unpaired) electrons. The summed E-state index contributed by atoms with van der Waals surface area (Å²) in [6.07, 6.45) is 3.16. The van der Waals surface area contributed by atoms with Crippen LogP contribution in [0, 0.1) is 5.41 Å². The van der Waals surface area contributed by atoms with Gasteiger partial charge < -0.3 is 15.0 Å². The third-order valence-corrected chi connectivity index (χ3v) is 5.43. The van der Waals surface area contributed by atoms with Gasteiger partial charge in [0.1, 0.15) is 5.60 Å². The summed E-state index contributed by atoms with van der Waals surface area (Å²) in [5, 5.41) is 3.19. The number of carbonyl (C=O) groups is 1. The van der Waals surface area contributed by atoms with Gasteiger partial charge in [0.15, 0.2) is 0 Å². The minimum atomic E-state index is -0.456. The second-order valence-electron chi connectivity index (χ2n) is 8.69. The molecule has 1 amide bonds. The summed E-state index contributed by atoms with van der Waals surface area (Å²) in [5.41, 5.74) is 0.964. The van der Waals surface area contributed by atoms with E-state index in [0.717, 1.165) is 26.1 Å². The number of alkyl carbamates (subject to hydrolysis) is 1. The van der Waals surface area contributed by atoms with E-state index >= 15 is 0 Å². The van der Waals surface area contributed by atoms with Crippen molar-refractivity contribution < 1.29 is 9.53 Å². The van der Waals surface area contributed by atoms with Crippen molar-refractivity contribution in [1.29, 1.82) is 0 Å². The van der Waals surface area contributed by atoms with Crippen LogP contribution in [-0.4, -0.2) is 41.8 Å². The molecule has 1 saturated carbocycles. The number of benzene rings is 1. The minimum Gasteiger partial charge on any atom is -0.444 e. The summed E-state index contributed by atoms with van der Waals surface area (Å²) in [5.74, 6) is 0. The number of carbonyl (C=O) groups excluding carboxylic acids is 1. The quantitative estimate of drug-likeness (QED) is 0.917. The van der Waals surface area contributed by atoms with E-state index in [1.807, 2.05) is 20.8 Å². The van der Waals surface area contributed by atoms with E-state index < -0.39 is 5.60 Å². The standard InChI is InChI=1S/C20H30N2O2/c1-18(2,3)24-17(23)21-19(4)14-22(15-20(19)11-12-20)13-10-16-8-6-5-7-9-16/h5-9H,10-15H2,1-4H3,(H,21,23). The molecule has 4 heteroatoms. The molecular formula is C20H30N2O2. The molecule has 1 aliphatic heterocycles. The molecule has 1 heterocycles. The smallest absolute Gasteiger partial charge is 0.408 e. The number of amides is 1.